The van der Waals surface area contributed by atoms with E-state index in [2.05, 4.69) is 6.07 Å². The van der Waals surface area contributed by atoms with Crippen LogP contribution in [0.2, 0.25) is 0 Å². The number of rotatable bonds is 6. The third-order valence-corrected chi connectivity index (χ3v) is 4.15. The number of furan rings is 2. The Hall–Kier alpha value is -2.27. The molecule has 0 fully saturated rings. The molecule has 3 aromatic rings. The first-order chi connectivity index (χ1) is 10.3. The van der Waals surface area contributed by atoms with E-state index >= 15 is 0 Å². The van der Waals surface area contributed by atoms with E-state index in [1.165, 1.54) is 17.4 Å². The van der Waals surface area contributed by atoms with Crippen LogP contribution < -0.4 is 0 Å². The molecule has 0 aromatic carbocycles. The Labute approximate surface area is 126 Å². The number of hydrogen-bond donors (Lipinski definition) is 0. The van der Waals surface area contributed by atoms with Gasteiger partial charge in [-0.05, 0) is 30.0 Å². The van der Waals surface area contributed by atoms with E-state index < -0.39 is 0 Å². The highest BCUT2D eigenvalue weighted by Crippen LogP contribution is 2.14. The van der Waals surface area contributed by atoms with Crippen molar-refractivity contribution in [2.75, 3.05) is 6.54 Å². The van der Waals surface area contributed by atoms with Gasteiger partial charge in [-0.3, -0.25) is 4.79 Å². The Morgan fingerprint density at radius 1 is 1.14 bits per heavy atom. The molecule has 0 saturated heterocycles. The van der Waals surface area contributed by atoms with Gasteiger partial charge in [-0.1, -0.05) is 6.07 Å². The fraction of sp³-hybridized carbons (Fsp3) is 0.188. The normalized spacial score (nSPS) is 10.7. The van der Waals surface area contributed by atoms with E-state index in [1.54, 1.807) is 29.9 Å². The Morgan fingerprint density at radius 3 is 2.67 bits per heavy atom. The molecule has 0 aliphatic heterocycles. The van der Waals surface area contributed by atoms with E-state index in [0.29, 0.717) is 18.7 Å². The third-order valence-electron chi connectivity index (χ3n) is 3.22. The average Bonchev–Trinajstić information content (AvgIpc) is 3.26. The molecule has 5 heteroatoms. The van der Waals surface area contributed by atoms with Gasteiger partial charge in [0.25, 0.3) is 5.91 Å². The zero-order valence-electron chi connectivity index (χ0n) is 11.4. The molecule has 21 heavy (non-hydrogen) atoms. The van der Waals surface area contributed by atoms with Crippen molar-refractivity contribution in [1.82, 2.24) is 4.90 Å². The van der Waals surface area contributed by atoms with E-state index in [0.717, 1.165) is 12.0 Å². The van der Waals surface area contributed by atoms with Gasteiger partial charge in [-0.2, -0.15) is 0 Å². The maximum absolute atomic E-state index is 12.5. The van der Waals surface area contributed by atoms with Gasteiger partial charge in [0.2, 0.25) is 0 Å². The van der Waals surface area contributed by atoms with Gasteiger partial charge in [-0.15, -0.1) is 11.3 Å². The molecule has 1 amide bonds. The van der Waals surface area contributed by atoms with Crippen LogP contribution in [-0.2, 0) is 13.0 Å². The van der Waals surface area contributed by atoms with Crippen LogP contribution in [0.4, 0.5) is 0 Å². The summed E-state index contributed by atoms with van der Waals surface area (Å²) in [5, 5.41) is 2.05. The van der Waals surface area contributed by atoms with Crippen molar-refractivity contribution >= 4 is 17.2 Å². The Balaban J connectivity index is 1.72. The van der Waals surface area contributed by atoms with Crippen molar-refractivity contribution in [2.24, 2.45) is 0 Å². The lowest BCUT2D eigenvalue weighted by atomic mass is 10.2. The lowest BCUT2D eigenvalue weighted by molar-refractivity contribution is 0.0744. The van der Waals surface area contributed by atoms with Crippen LogP contribution in [0.15, 0.2) is 63.5 Å². The highest BCUT2D eigenvalue weighted by molar-refractivity contribution is 7.09. The summed E-state index contributed by atoms with van der Waals surface area (Å²) in [6.07, 6.45) is 7.13. The number of amides is 1. The molecule has 0 saturated carbocycles. The van der Waals surface area contributed by atoms with Gasteiger partial charge < -0.3 is 13.7 Å². The molecule has 3 heterocycles. The molecule has 0 aliphatic carbocycles. The summed E-state index contributed by atoms with van der Waals surface area (Å²) in [4.78, 5) is 15.6. The van der Waals surface area contributed by atoms with Crippen LogP contribution in [0.3, 0.4) is 0 Å². The van der Waals surface area contributed by atoms with Crippen LogP contribution in [0, 0.1) is 0 Å². The molecular formula is C16H15NO3S. The molecule has 4 nitrogen and oxygen atoms in total. The lowest BCUT2D eigenvalue weighted by Gasteiger charge is -2.21. The fourth-order valence-corrected chi connectivity index (χ4v) is 2.82. The zero-order chi connectivity index (χ0) is 14.5. The van der Waals surface area contributed by atoms with Gasteiger partial charge in [0, 0.05) is 23.5 Å². The lowest BCUT2D eigenvalue weighted by Crippen LogP contribution is -2.32. The van der Waals surface area contributed by atoms with E-state index in [4.69, 9.17) is 8.83 Å². The molecule has 0 bridgehead atoms. The van der Waals surface area contributed by atoms with Gasteiger partial charge in [0.1, 0.15) is 6.26 Å². The first-order valence-electron chi connectivity index (χ1n) is 6.68. The third kappa shape index (κ3) is 3.44. The van der Waals surface area contributed by atoms with E-state index in [9.17, 15) is 4.79 Å². The van der Waals surface area contributed by atoms with Crippen LogP contribution in [0.1, 0.15) is 20.8 Å². The SMILES string of the molecule is O=C(c1ccoc1)N(CCc1cccs1)Cc1ccoc1. The van der Waals surface area contributed by atoms with Crippen molar-refractivity contribution in [1.29, 1.82) is 0 Å². The van der Waals surface area contributed by atoms with Crippen LogP contribution >= 0.6 is 11.3 Å². The summed E-state index contributed by atoms with van der Waals surface area (Å²) >= 11 is 1.71. The number of carbonyl (C=O) groups is 1. The number of thiophene rings is 1. The molecule has 0 aliphatic rings. The standard InChI is InChI=1S/C16H15NO3S/c18-16(14-5-8-20-12-14)17(10-13-4-7-19-11-13)6-3-15-2-1-9-21-15/h1-2,4-5,7-9,11-12H,3,6,10H2. The molecule has 3 aromatic heterocycles. The summed E-state index contributed by atoms with van der Waals surface area (Å²) in [5.74, 6) is -0.0264. The molecule has 108 valence electrons. The van der Waals surface area contributed by atoms with Gasteiger partial charge in [-0.25, -0.2) is 0 Å². The summed E-state index contributed by atoms with van der Waals surface area (Å²) in [5.41, 5.74) is 1.56. The van der Waals surface area contributed by atoms with Crippen molar-refractivity contribution in [3.8, 4) is 0 Å². The van der Waals surface area contributed by atoms with Crippen LogP contribution in [-0.4, -0.2) is 17.4 Å². The number of hydrogen-bond acceptors (Lipinski definition) is 4. The Morgan fingerprint density at radius 2 is 2.00 bits per heavy atom. The maximum Gasteiger partial charge on any atom is 0.257 e. The van der Waals surface area contributed by atoms with Crippen molar-refractivity contribution in [3.63, 3.8) is 0 Å². The maximum atomic E-state index is 12.5. The Bertz CT molecular complexity index is 657. The minimum absolute atomic E-state index is 0.0264. The second kappa shape index (κ2) is 6.45. The van der Waals surface area contributed by atoms with E-state index in [1.807, 2.05) is 22.4 Å². The monoisotopic (exact) mass is 301 g/mol. The van der Waals surface area contributed by atoms with Crippen molar-refractivity contribution in [2.45, 2.75) is 13.0 Å². The smallest absolute Gasteiger partial charge is 0.257 e. The summed E-state index contributed by atoms with van der Waals surface area (Å²) in [6.45, 7) is 1.20. The highest BCUT2D eigenvalue weighted by atomic mass is 32.1. The predicted octanol–water partition coefficient (Wildman–Crippen LogP) is 3.82. The molecular weight excluding hydrogens is 286 g/mol. The number of nitrogens with zero attached hydrogens (tertiary/aromatic N) is 1. The molecule has 0 unspecified atom stereocenters. The number of carbonyl (C=O) groups excluding carboxylic acids is 1. The van der Waals surface area contributed by atoms with Gasteiger partial charge in [0.05, 0.1) is 24.4 Å². The second-order valence-electron chi connectivity index (χ2n) is 4.70. The van der Waals surface area contributed by atoms with Crippen molar-refractivity contribution in [3.05, 3.63) is 70.7 Å². The molecule has 0 atom stereocenters. The van der Waals surface area contributed by atoms with E-state index in [-0.39, 0.29) is 5.91 Å². The minimum Gasteiger partial charge on any atom is -0.472 e. The molecule has 0 spiro atoms. The molecule has 0 N–H and O–H groups in total. The van der Waals surface area contributed by atoms with Gasteiger partial charge >= 0.3 is 0 Å². The molecule has 3 rings (SSSR count). The second-order valence-corrected chi connectivity index (χ2v) is 5.73. The largest absolute Gasteiger partial charge is 0.472 e. The predicted molar refractivity (Wildman–Crippen MR) is 80.2 cm³/mol. The first kappa shape index (κ1) is 13.7. The first-order valence-corrected chi connectivity index (χ1v) is 7.56. The van der Waals surface area contributed by atoms with Crippen LogP contribution in [0.25, 0.3) is 0 Å². The topological polar surface area (TPSA) is 46.6 Å². The van der Waals surface area contributed by atoms with Crippen LogP contribution in [0.5, 0.6) is 0 Å². The summed E-state index contributed by atoms with van der Waals surface area (Å²) in [6, 6.07) is 7.68. The quantitative estimate of drug-likeness (QED) is 0.695. The Kier molecular flexibility index (Phi) is 4.21. The summed E-state index contributed by atoms with van der Waals surface area (Å²) in [7, 11) is 0. The minimum atomic E-state index is -0.0264. The highest BCUT2D eigenvalue weighted by Gasteiger charge is 2.17. The average molecular weight is 301 g/mol. The summed E-state index contributed by atoms with van der Waals surface area (Å²) < 4.78 is 10.1. The zero-order valence-corrected chi connectivity index (χ0v) is 12.2. The molecule has 0 radical (unpaired) electrons. The fourth-order valence-electron chi connectivity index (χ4n) is 2.12. The van der Waals surface area contributed by atoms with Crippen molar-refractivity contribution < 1.29 is 13.6 Å². The van der Waals surface area contributed by atoms with Gasteiger partial charge in [0.15, 0.2) is 0 Å².